The second-order valence-corrected chi connectivity index (χ2v) is 6.07. The van der Waals surface area contributed by atoms with Gasteiger partial charge in [0, 0.05) is 0 Å². The number of methoxy groups -OCH3 is 1. The molecule has 0 bridgehead atoms. The highest BCUT2D eigenvalue weighted by Crippen LogP contribution is 2.44. The zero-order chi connectivity index (χ0) is 14.8. The van der Waals surface area contributed by atoms with Crippen LogP contribution in [0.5, 0.6) is 5.75 Å². The van der Waals surface area contributed by atoms with E-state index in [9.17, 15) is 0 Å². The number of rotatable bonds is 5. The summed E-state index contributed by atoms with van der Waals surface area (Å²) in [4.78, 5) is 0. The molecule has 2 heteroatoms. The summed E-state index contributed by atoms with van der Waals surface area (Å²) in [6.45, 7) is 4.22. The average Bonchev–Trinajstić information content (AvgIpc) is 3.31. The van der Waals surface area contributed by atoms with Crippen LogP contribution in [0.2, 0.25) is 0 Å². The minimum atomic E-state index is 0.377. The zero-order valence-electron chi connectivity index (χ0n) is 13.0. The Kier molecular flexibility index (Phi) is 3.87. The van der Waals surface area contributed by atoms with Gasteiger partial charge in [-0.2, -0.15) is 0 Å². The third-order valence-electron chi connectivity index (χ3n) is 4.20. The molecule has 110 valence electrons. The molecule has 2 aromatic rings. The van der Waals surface area contributed by atoms with Crippen molar-refractivity contribution in [3.05, 3.63) is 59.2 Å². The van der Waals surface area contributed by atoms with Crippen molar-refractivity contribution in [2.75, 3.05) is 12.4 Å². The van der Waals surface area contributed by atoms with E-state index < -0.39 is 0 Å². The molecule has 2 aromatic carbocycles. The Morgan fingerprint density at radius 3 is 2.29 bits per heavy atom. The van der Waals surface area contributed by atoms with Gasteiger partial charge >= 0.3 is 0 Å². The summed E-state index contributed by atoms with van der Waals surface area (Å²) in [5.41, 5.74) is 4.98. The molecule has 2 nitrogen and oxygen atoms in total. The first-order valence-corrected chi connectivity index (χ1v) is 7.65. The smallest absolute Gasteiger partial charge is 0.142 e. The van der Waals surface area contributed by atoms with Crippen molar-refractivity contribution in [3.63, 3.8) is 0 Å². The van der Waals surface area contributed by atoms with Gasteiger partial charge in [-0.3, -0.25) is 0 Å². The molecule has 0 aliphatic heterocycles. The predicted molar refractivity (Wildman–Crippen MR) is 88.0 cm³/mol. The number of ether oxygens (including phenoxy) is 1. The van der Waals surface area contributed by atoms with Crippen molar-refractivity contribution in [2.45, 2.75) is 32.7 Å². The van der Waals surface area contributed by atoms with E-state index in [2.05, 4.69) is 61.6 Å². The Hall–Kier alpha value is -1.96. The van der Waals surface area contributed by atoms with Crippen molar-refractivity contribution in [2.24, 2.45) is 5.92 Å². The maximum atomic E-state index is 5.52. The van der Waals surface area contributed by atoms with Gasteiger partial charge in [0.25, 0.3) is 0 Å². The summed E-state index contributed by atoms with van der Waals surface area (Å²) < 4.78 is 5.52. The van der Waals surface area contributed by atoms with Gasteiger partial charge in [0.05, 0.1) is 18.8 Å². The van der Waals surface area contributed by atoms with Crippen LogP contribution in [0, 0.1) is 19.8 Å². The molecule has 1 aliphatic rings. The van der Waals surface area contributed by atoms with Crippen LogP contribution >= 0.6 is 0 Å². The highest BCUT2D eigenvalue weighted by Gasteiger charge is 2.32. The third-order valence-corrected chi connectivity index (χ3v) is 4.20. The first kappa shape index (κ1) is 14.0. The summed E-state index contributed by atoms with van der Waals surface area (Å²) in [5.74, 6) is 1.66. The van der Waals surface area contributed by atoms with E-state index >= 15 is 0 Å². The maximum absolute atomic E-state index is 5.52. The lowest BCUT2D eigenvalue weighted by molar-refractivity contribution is 0.415. The van der Waals surface area contributed by atoms with Gasteiger partial charge in [0.1, 0.15) is 5.75 Å². The molecule has 1 unspecified atom stereocenters. The van der Waals surface area contributed by atoms with Gasteiger partial charge in [-0.05, 0) is 55.9 Å². The second-order valence-electron chi connectivity index (χ2n) is 6.07. The molecule has 0 saturated heterocycles. The fourth-order valence-corrected chi connectivity index (χ4v) is 2.76. The summed E-state index contributed by atoms with van der Waals surface area (Å²) in [7, 11) is 1.73. The highest BCUT2D eigenvalue weighted by molar-refractivity contribution is 5.59. The van der Waals surface area contributed by atoms with Crippen LogP contribution in [0.3, 0.4) is 0 Å². The molecular formula is C19H23NO. The Morgan fingerprint density at radius 2 is 1.67 bits per heavy atom. The van der Waals surface area contributed by atoms with Crippen LogP contribution < -0.4 is 10.1 Å². The van der Waals surface area contributed by atoms with Crippen molar-refractivity contribution in [3.8, 4) is 5.75 Å². The number of hydrogen-bond donors (Lipinski definition) is 1. The fraction of sp³-hybridized carbons (Fsp3) is 0.368. The van der Waals surface area contributed by atoms with Gasteiger partial charge in [-0.25, -0.2) is 0 Å². The number of aryl methyl sites for hydroxylation is 2. The summed E-state index contributed by atoms with van der Waals surface area (Å²) >= 11 is 0. The quantitative estimate of drug-likeness (QED) is 0.843. The monoisotopic (exact) mass is 281 g/mol. The minimum Gasteiger partial charge on any atom is -0.495 e. The Bertz CT molecular complexity index is 614. The van der Waals surface area contributed by atoms with E-state index in [0.29, 0.717) is 6.04 Å². The first-order valence-electron chi connectivity index (χ1n) is 7.65. The minimum absolute atomic E-state index is 0.377. The van der Waals surface area contributed by atoms with Crippen molar-refractivity contribution >= 4 is 5.69 Å². The van der Waals surface area contributed by atoms with E-state index in [0.717, 1.165) is 17.4 Å². The van der Waals surface area contributed by atoms with Gasteiger partial charge in [-0.15, -0.1) is 0 Å². The van der Waals surface area contributed by atoms with Crippen molar-refractivity contribution < 1.29 is 4.74 Å². The van der Waals surface area contributed by atoms with E-state index in [1.165, 1.54) is 29.5 Å². The second kappa shape index (κ2) is 5.80. The number of hydrogen-bond acceptors (Lipinski definition) is 2. The molecule has 0 spiro atoms. The topological polar surface area (TPSA) is 21.3 Å². The molecule has 1 fully saturated rings. The standard InChI is InChI=1S/C19H23NO/c1-13-4-7-15(8-5-13)19(16-9-10-16)20-17-11-6-14(2)12-18(17)21-3/h4-8,11-12,16,19-20H,9-10H2,1-3H3. The molecule has 3 rings (SSSR count). The van der Waals surface area contributed by atoms with Crippen LogP contribution in [0.1, 0.15) is 35.6 Å². The van der Waals surface area contributed by atoms with Crippen LogP contribution in [-0.2, 0) is 0 Å². The molecule has 0 radical (unpaired) electrons. The highest BCUT2D eigenvalue weighted by atomic mass is 16.5. The van der Waals surface area contributed by atoms with Crippen LogP contribution in [0.25, 0.3) is 0 Å². The molecule has 1 aliphatic carbocycles. The lowest BCUT2D eigenvalue weighted by Crippen LogP contribution is -2.13. The van der Waals surface area contributed by atoms with Gasteiger partial charge in [-0.1, -0.05) is 35.9 Å². The molecular weight excluding hydrogens is 258 g/mol. The predicted octanol–water partition coefficient (Wildman–Crippen LogP) is 4.88. The normalized spacial score (nSPS) is 15.6. The lowest BCUT2D eigenvalue weighted by atomic mass is 10.0. The summed E-state index contributed by atoms with van der Waals surface area (Å²) in [6.07, 6.45) is 2.61. The van der Waals surface area contributed by atoms with Crippen molar-refractivity contribution in [1.82, 2.24) is 0 Å². The Labute approximate surface area is 127 Å². The van der Waals surface area contributed by atoms with E-state index in [1.807, 2.05) is 0 Å². The third kappa shape index (κ3) is 3.21. The van der Waals surface area contributed by atoms with E-state index in [-0.39, 0.29) is 0 Å². The number of nitrogens with one attached hydrogen (secondary N) is 1. The zero-order valence-corrected chi connectivity index (χ0v) is 13.0. The van der Waals surface area contributed by atoms with Crippen LogP contribution in [-0.4, -0.2) is 7.11 Å². The van der Waals surface area contributed by atoms with E-state index in [4.69, 9.17) is 4.74 Å². The molecule has 1 saturated carbocycles. The van der Waals surface area contributed by atoms with E-state index in [1.54, 1.807) is 7.11 Å². The Morgan fingerprint density at radius 1 is 1.00 bits per heavy atom. The largest absolute Gasteiger partial charge is 0.495 e. The lowest BCUT2D eigenvalue weighted by Gasteiger charge is -2.22. The number of benzene rings is 2. The maximum Gasteiger partial charge on any atom is 0.142 e. The molecule has 21 heavy (non-hydrogen) atoms. The fourth-order valence-electron chi connectivity index (χ4n) is 2.76. The van der Waals surface area contributed by atoms with Crippen LogP contribution in [0.15, 0.2) is 42.5 Å². The summed E-state index contributed by atoms with van der Waals surface area (Å²) in [5, 5.41) is 3.70. The SMILES string of the molecule is COc1cc(C)ccc1NC(c1ccc(C)cc1)C1CC1. The molecule has 0 aromatic heterocycles. The Balaban J connectivity index is 1.87. The molecule has 1 atom stereocenters. The molecule has 0 heterocycles. The van der Waals surface area contributed by atoms with Gasteiger partial charge in [0.2, 0.25) is 0 Å². The summed E-state index contributed by atoms with van der Waals surface area (Å²) in [6, 6.07) is 15.6. The average molecular weight is 281 g/mol. The number of anilines is 1. The van der Waals surface area contributed by atoms with Crippen molar-refractivity contribution in [1.29, 1.82) is 0 Å². The van der Waals surface area contributed by atoms with Crippen LogP contribution in [0.4, 0.5) is 5.69 Å². The van der Waals surface area contributed by atoms with Gasteiger partial charge < -0.3 is 10.1 Å². The molecule has 1 N–H and O–H groups in total. The van der Waals surface area contributed by atoms with Gasteiger partial charge in [0.15, 0.2) is 0 Å². The molecule has 0 amide bonds. The first-order chi connectivity index (χ1) is 10.2.